The Bertz CT molecular complexity index is 414. The molecule has 1 heteroatoms. The Hall–Kier alpha value is -1.26. The largest absolute Gasteiger partial charge is 0.314 e. The van der Waals surface area contributed by atoms with Crippen LogP contribution in [0.2, 0.25) is 0 Å². The average molecular weight is 257 g/mol. The first-order valence-corrected chi connectivity index (χ1v) is 7.40. The topological polar surface area (TPSA) is 12.0 Å². The van der Waals surface area contributed by atoms with Crippen LogP contribution in [0.1, 0.15) is 49.3 Å². The molecule has 1 N–H and O–H groups in total. The molecule has 0 saturated carbocycles. The molecule has 1 nitrogen and oxygen atoms in total. The van der Waals surface area contributed by atoms with Gasteiger partial charge in [0.1, 0.15) is 0 Å². The van der Waals surface area contributed by atoms with Gasteiger partial charge in [-0.3, -0.25) is 0 Å². The van der Waals surface area contributed by atoms with Crippen LogP contribution < -0.4 is 5.32 Å². The lowest BCUT2D eigenvalue weighted by molar-refractivity contribution is 0.466. The summed E-state index contributed by atoms with van der Waals surface area (Å²) in [7, 11) is 0. The molecule has 1 rings (SSSR count). The normalized spacial score (nSPS) is 12.1. The minimum absolute atomic E-state index is 0.550. The van der Waals surface area contributed by atoms with Crippen molar-refractivity contribution in [3.63, 3.8) is 0 Å². The van der Waals surface area contributed by atoms with Gasteiger partial charge in [-0.15, -0.1) is 12.3 Å². The minimum Gasteiger partial charge on any atom is -0.314 e. The van der Waals surface area contributed by atoms with E-state index in [1.54, 1.807) is 0 Å². The molecule has 19 heavy (non-hydrogen) atoms. The molecule has 1 atom stereocenters. The second kappa shape index (κ2) is 8.77. The molecule has 0 bridgehead atoms. The van der Waals surface area contributed by atoms with E-state index in [1.165, 1.54) is 23.1 Å². The molecule has 0 aliphatic carbocycles. The van der Waals surface area contributed by atoms with Crippen molar-refractivity contribution in [1.82, 2.24) is 5.32 Å². The summed E-state index contributed by atoms with van der Waals surface area (Å²) in [4.78, 5) is 0. The number of rotatable bonds is 8. The summed E-state index contributed by atoms with van der Waals surface area (Å²) in [5.41, 5.74) is 4.21. The maximum absolute atomic E-state index is 5.34. The molecule has 1 unspecified atom stereocenters. The maximum Gasteiger partial charge on any atom is 0.0108 e. The number of nitrogens with one attached hydrogen (secondary N) is 1. The Labute approximate surface area is 118 Å². The third-order valence-corrected chi connectivity index (χ3v) is 3.53. The monoisotopic (exact) mass is 257 g/mol. The van der Waals surface area contributed by atoms with E-state index in [9.17, 15) is 0 Å². The van der Waals surface area contributed by atoms with Crippen LogP contribution in [0.5, 0.6) is 0 Å². The van der Waals surface area contributed by atoms with Gasteiger partial charge in [0.2, 0.25) is 0 Å². The van der Waals surface area contributed by atoms with Gasteiger partial charge in [0.25, 0.3) is 0 Å². The fourth-order valence-electron chi connectivity index (χ4n) is 2.36. The average Bonchev–Trinajstić information content (AvgIpc) is 2.40. The Morgan fingerprint density at radius 2 is 2.11 bits per heavy atom. The molecule has 1 aromatic carbocycles. The van der Waals surface area contributed by atoms with Gasteiger partial charge in [-0.25, -0.2) is 0 Å². The fourth-order valence-corrected chi connectivity index (χ4v) is 2.36. The second-order valence-corrected chi connectivity index (χ2v) is 5.38. The molecule has 0 spiro atoms. The highest BCUT2D eigenvalue weighted by Gasteiger charge is 2.10. The van der Waals surface area contributed by atoms with Crippen molar-refractivity contribution in [2.75, 3.05) is 6.54 Å². The summed E-state index contributed by atoms with van der Waals surface area (Å²) in [5, 5.41) is 3.65. The third kappa shape index (κ3) is 5.94. The molecule has 0 amide bonds. The molecule has 1 aromatic rings. The quantitative estimate of drug-likeness (QED) is 0.548. The lowest BCUT2D eigenvalue weighted by Crippen LogP contribution is -2.32. The molecular formula is C18H27N. The van der Waals surface area contributed by atoms with Crippen LogP contribution in [-0.2, 0) is 6.42 Å². The van der Waals surface area contributed by atoms with Gasteiger partial charge < -0.3 is 5.32 Å². The summed E-state index contributed by atoms with van der Waals surface area (Å²) in [6.07, 6.45) is 10.8. The molecule has 0 aliphatic rings. The van der Waals surface area contributed by atoms with Crippen LogP contribution in [0, 0.1) is 26.2 Å². The van der Waals surface area contributed by atoms with E-state index in [2.05, 4.69) is 50.2 Å². The predicted octanol–water partition coefficient (Wildman–Crippen LogP) is 4.02. The number of hydrogen-bond acceptors (Lipinski definition) is 1. The lowest BCUT2D eigenvalue weighted by Gasteiger charge is -2.19. The highest BCUT2D eigenvalue weighted by Crippen LogP contribution is 2.15. The van der Waals surface area contributed by atoms with E-state index in [0.717, 1.165) is 32.2 Å². The molecule has 0 heterocycles. The lowest BCUT2D eigenvalue weighted by atomic mass is 9.96. The van der Waals surface area contributed by atoms with Crippen molar-refractivity contribution in [2.24, 2.45) is 0 Å². The first-order chi connectivity index (χ1) is 9.17. The molecule has 0 radical (unpaired) electrons. The van der Waals surface area contributed by atoms with Crippen LogP contribution in [0.25, 0.3) is 0 Å². The maximum atomic E-state index is 5.34. The SMILES string of the molecule is C#CCCCC(Cc1cc(C)ccc1C)NCCC. The van der Waals surface area contributed by atoms with Crippen molar-refractivity contribution < 1.29 is 0 Å². The highest BCUT2D eigenvalue weighted by atomic mass is 14.9. The van der Waals surface area contributed by atoms with E-state index in [1.807, 2.05) is 0 Å². The van der Waals surface area contributed by atoms with Gasteiger partial charge in [0, 0.05) is 12.5 Å². The van der Waals surface area contributed by atoms with E-state index >= 15 is 0 Å². The van der Waals surface area contributed by atoms with Crippen molar-refractivity contribution in [3.8, 4) is 12.3 Å². The summed E-state index contributed by atoms with van der Waals surface area (Å²) < 4.78 is 0. The molecule has 0 fully saturated rings. The van der Waals surface area contributed by atoms with Gasteiger partial charge in [-0.2, -0.15) is 0 Å². The summed E-state index contributed by atoms with van der Waals surface area (Å²) in [6, 6.07) is 7.28. The number of benzene rings is 1. The molecule has 0 aromatic heterocycles. The van der Waals surface area contributed by atoms with Crippen LogP contribution in [0.3, 0.4) is 0 Å². The summed E-state index contributed by atoms with van der Waals surface area (Å²) >= 11 is 0. The zero-order valence-electron chi connectivity index (χ0n) is 12.6. The van der Waals surface area contributed by atoms with Crippen LogP contribution in [0.4, 0.5) is 0 Å². The zero-order chi connectivity index (χ0) is 14.1. The van der Waals surface area contributed by atoms with Crippen molar-refractivity contribution in [1.29, 1.82) is 0 Å². The molecular weight excluding hydrogens is 230 g/mol. The standard InChI is InChI=1S/C18H27N/c1-5-7-8-9-18(19-12-6-2)14-17-13-15(3)10-11-16(17)4/h1,10-11,13,18-19H,6-9,12,14H2,2-4H3. The predicted molar refractivity (Wildman–Crippen MR) is 84.4 cm³/mol. The van der Waals surface area contributed by atoms with Crippen LogP contribution in [-0.4, -0.2) is 12.6 Å². The van der Waals surface area contributed by atoms with Crippen molar-refractivity contribution in [3.05, 3.63) is 34.9 Å². The summed E-state index contributed by atoms with van der Waals surface area (Å²) in [6.45, 7) is 7.66. The minimum atomic E-state index is 0.550. The molecule has 104 valence electrons. The van der Waals surface area contributed by atoms with Gasteiger partial charge in [-0.05, 0) is 57.2 Å². The number of aryl methyl sites for hydroxylation is 2. The molecule has 0 aliphatic heterocycles. The highest BCUT2D eigenvalue weighted by molar-refractivity contribution is 5.31. The van der Waals surface area contributed by atoms with E-state index < -0.39 is 0 Å². The van der Waals surface area contributed by atoms with Gasteiger partial charge >= 0.3 is 0 Å². The third-order valence-electron chi connectivity index (χ3n) is 3.53. The second-order valence-electron chi connectivity index (χ2n) is 5.38. The van der Waals surface area contributed by atoms with E-state index in [0.29, 0.717) is 6.04 Å². The van der Waals surface area contributed by atoms with Crippen LogP contribution in [0.15, 0.2) is 18.2 Å². The Morgan fingerprint density at radius 1 is 1.32 bits per heavy atom. The Balaban J connectivity index is 2.64. The zero-order valence-corrected chi connectivity index (χ0v) is 12.6. The van der Waals surface area contributed by atoms with Crippen molar-refractivity contribution in [2.45, 2.75) is 58.9 Å². The Morgan fingerprint density at radius 3 is 2.79 bits per heavy atom. The fraction of sp³-hybridized carbons (Fsp3) is 0.556. The van der Waals surface area contributed by atoms with E-state index in [4.69, 9.17) is 6.42 Å². The number of hydrogen-bond donors (Lipinski definition) is 1. The van der Waals surface area contributed by atoms with Crippen molar-refractivity contribution >= 4 is 0 Å². The first kappa shape index (κ1) is 15.8. The smallest absolute Gasteiger partial charge is 0.0108 e. The van der Waals surface area contributed by atoms with Gasteiger partial charge in [0.15, 0.2) is 0 Å². The van der Waals surface area contributed by atoms with Gasteiger partial charge in [0.05, 0.1) is 0 Å². The number of unbranched alkanes of at least 4 members (excludes halogenated alkanes) is 1. The first-order valence-electron chi connectivity index (χ1n) is 7.40. The number of terminal acetylenes is 1. The van der Waals surface area contributed by atoms with E-state index in [-0.39, 0.29) is 0 Å². The Kier molecular flexibility index (Phi) is 7.30. The molecule has 0 saturated heterocycles. The summed E-state index contributed by atoms with van der Waals surface area (Å²) in [5.74, 6) is 2.74. The van der Waals surface area contributed by atoms with Gasteiger partial charge in [-0.1, -0.05) is 30.7 Å². The van der Waals surface area contributed by atoms with Crippen LogP contribution >= 0.6 is 0 Å².